The predicted octanol–water partition coefficient (Wildman–Crippen LogP) is 6.29. The van der Waals surface area contributed by atoms with Crippen LogP contribution < -0.4 is 10.2 Å². The minimum absolute atomic E-state index is 0.216. The van der Waals surface area contributed by atoms with E-state index in [1.807, 2.05) is 66.4 Å². The lowest BCUT2D eigenvalue weighted by atomic mass is 10.0. The van der Waals surface area contributed by atoms with E-state index in [4.69, 9.17) is 16.6 Å². The van der Waals surface area contributed by atoms with Gasteiger partial charge in [-0.1, -0.05) is 28.1 Å². The number of nitrogens with zero attached hydrogens (tertiary/aromatic N) is 2. The second kappa shape index (κ2) is 9.04. The summed E-state index contributed by atoms with van der Waals surface area (Å²) in [6.45, 7) is 1.88. The molecule has 2 N–H and O–H groups in total. The number of hydrogen-bond acceptors (Lipinski definition) is 4. The third kappa shape index (κ3) is 4.10. The quantitative estimate of drug-likeness (QED) is 0.292. The number of aryl methyl sites for hydroxylation is 1. The van der Waals surface area contributed by atoms with E-state index in [-0.39, 0.29) is 17.6 Å². The molecule has 0 spiro atoms. The Bertz CT molecular complexity index is 1370. The van der Waals surface area contributed by atoms with Crippen molar-refractivity contribution >= 4 is 44.9 Å². The summed E-state index contributed by atoms with van der Waals surface area (Å²) in [7, 11) is 0. The summed E-state index contributed by atoms with van der Waals surface area (Å²) in [5.74, 6) is 0.434. The smallest absolute Gasteiger partial charge is 0.335 e. The first-order valence-corrected chi connectivity index (χ1v) is 11.8. The van der Waals surface area contributed by atoms with E-state index in [1.54, 1.807) is 24.4 Å². The van der Waals surface area contributed by atoms with Gasteiger partial charge in [-0.25, -0.2) is 4.79 Å². The number of aromatic nitrogens is 1. The topological polar surface area (TPSA) is 78.6 Å². The molecule has 2 aromatic carbocycles. The monoisotopic (exact) mass is 533 g/mol. The van der Waals surface area contributed by atoms with E-state index in [0.717, 1.165) is 32.7 Å². The van der Waals surface area contributed by atoms with Gasteiger partial charge in [-0.05, 0) is 85.4 Å². The van der Waals surface area contributed by atoms with Crippen LogP contribution in [-0.2, 0) is 0 Å². The van der Waals surface area contributed by atoms with Gasteiger partial charge >= 0.3 is 5.97 Å². The van der Waals surface area contributed by atoms with Crippen LogP contribution in [0.2, 0.25) is 0 Å². The number of aromatic carboxylic acids is 1. The number of benzene rings is 2. The van der Waals surface area contributed by atoms with Gasteiger partial charge in [0.25, 0.3) is 0 Å². The zero-order chi connectivity index (χ0) is 23.8. The summed E-state index contributed by atoms with van der Waals surface area (Å²) < 4.78 is 7.36. The Morgan fingerprint density at radius 1 is 1.12 bits per heavy atom. The van der Waals surface area contributed by atoms with Crippen molar-refractivity contribution in [1.82, 2.24) is 10.3 Å². The SMILES string of the molecule is Cc1cc(C(=O)O)ccc1-c1ccc([C@@H]2[C@H](c3ccccn3)NC(=S)N2c2ccc(Br)cc2)o1. The second-order valence-electron chi connectivity index (χ2n) is 8.01. The van der Waals surface area contributed by atoms with Gasteiger partial charge in [0, 0.05) is 21.9 Å². The van der Waals surface area contributed by atoms with E-state index in [0.29, 0.717) is 10.9 Å². The summed E-state index contributed by atoms with van der Waals surface area (Å²) in [6, 6.07) is 22.2. The molecule has 6 nitrogen and oxygen atoms in total. The standard InChI is InChI=1S/C26H20BrN3O3S/c1-15-14-16(25(31)32)5-10-19(15)21-11-12-22(33-21)24-23(20-4-2-3-13-28-20)29-26(34)30(24)18-8-6-17(27)7-9-18/h2-14,23-24H,1H3,(H,29,34)(H,31,32)/t23-,24+/m0/s1. The van der Waals surface area contributed by atoms with E-state index in [9.17, 15) is 9.90 Å². The molecule has 0 unspecified atom stereocenters. The Hall–Kier alpha value is -3.49. The van der Waals surface area contributed by atoms with Crippen LogP contribution in [0.3, 0.4) is 0 Å². The number of nitrogens with one attached hydrogen (secondary N) is 1. The van der Waals surface area contributed by atoms with Crippen LogP contribution in [0.1, 0.15) is 39.5 Å². The molecule has 170 valence electrons. The molecule has 1 saturated heterocycles. The Morgan fingerprint density at radius 2 is 1.91 bits per heavy atom. The number of thiocarbonyl (C=S) groups is 1. The van der Waals surface area contributed by atoms with E-state index >= 15 is 0 Å². The Morgan fingerprint density at radius 3 is 2.59 bits per heavy atom. The number of carboxylic acids is 1. The van der Waals surface area contributed by atoms with Crippen molar-refractivity contribution in [2.45, 2.75) is 19.0 Å². The van der Waals surface area contributed by atoms with Crippen LogP contribution in [0, 0.1) is 6.92 Å². The minimum atomic E-state index is -0.955. The van der Waals surface area contributed by atoms with Gasteiger partial charge < -0.3 is 19.7 Å². The number of hydrogen-bond donors (Lipinski definition) is 2. The van der Waals surface area contributed by atoms with Crippen LogP contribution in [0.15, 0.2) is 87.9 Å². The van der Waals surface area contributed by atoms with Gasteiger partial charge in [-0.3, -0.25) is 4.98 Å². The lowest BCUT2D eigenvalue weighted by Gasteiger charge is -2.26. The average molecular weight is 534 g/mol. The molecule has 0 amide bonds. The Labute approximate surface area is 210 Å². The molecule has 0 saturated carbocycles. The number of halogens is 1. The molecule has 2 aromatic heterocycles. The Kier molecular flexibility index (Phi) is 5.93. The fraction of sp³-hybridized carbons (Fsp3) is 0.115. The molecule has 4 aromatic rings. The van der Waals surface area contributed by atoms with Crippen molar-refractivity contribution in [3.05, 3.63) is 106 Å². The van der Waals surface area contributed by atoms with Gasteiger partial charge in [-0.15, -0.1) is 0 Å². The van der Waals surface area contributed by atoms with Gasteiger partial charge in [0.05, 0.1) is 17.3 Å². The molecule has 2 atom stereocenters. The van der Waals surface area contributed by atoms with Gasteiger partial charge in [0.1, 0.15) is 17.6 Å². The largest absolute Gasteiger partial charge is 0.478 e. The Balaban J connectivity index is 1.58. The van der Waals surface area contributed by atoms with Crippen molar-refractivity contribution in [3.8, 4) is 11.3 Å². The number of furan rings is 1. The molecule has 1 aliphatic heterocycles. The molecule has 0 aliphatic carbocycles. The van der Waals surface area contributed by atoms with Crippen LogP contribution in [0.4, 0.5) is 5.69 Å². The second-order valence-corrected chi connectivity index (χ2v) is 9.31. The van der Waals surface area contributed by atoms with Crippen LogP contribution in [-0.4, -0.2) is 21.2 Å². The fourth-order valence-corrected chi connectivity index (χ4v) is 4.86. The fourth-order valence-electron chi connectivity index (χ4n) is 4.25. The maximum atomic E-state index is 11.3. The highest BCUT2D eigenvalue weighted by Crippen LogP contribution is 2.43. The number of carboxylic acid groups (broad SMARTS) is 1. The zero-order valence-corrected chi connectivity index (χ0v) is 20.5. The molecule has 0 bridgehead atoms. The molecular formula is C26H20BrN3O3S. The maximum absolute atomic E-state index is 11.3. The number of rotatable bonds is 5. The molecule has 8 heteroatoms. The van der Waals surface area contributed by atoms with E-state index in [1.165, 1.54) is 0 Å². The summed E-state index contributed by atoms with van der Waals surface area (Å²) in [5.41, 5.74) is 3.70. The van der Waals surface area contributed by atoms with Crippen LogP contribution in [0.5, 0.6) is 0 Å². The number of pyridine rings is 1. The van der Waals surface area contributed by atoms with E-state index < -0.39 is 5.97 Å². The van der Waals surface area contributed by atoms with Gasteiger partial charge in [0.15, 0.2) is 5.11 Å². The van der Waals surface area contributed by atoms with Crippen molar-refractivity contribution in [1.29, 1.82) is 0 Å². The van der Waals surface area contributed by atoms with Gasteiger partial charge in [-0.2, -0.15) is 0 Å². The van der Waals surface area contributed by atoms with Crippen molar-refractivity contribution in [2.75, 3.05) is 4.90 Å². The number of carbonyl (C=O) groups is 1. The first kappa shape index (κ1) is 22.3. The lowest BCUT2D eigenvalue weighted by molar-refractivity contribution is 0.0697. The van der Waals surface area contributed by atoms with Crippen LogP contribution in [0.25, 0.3) is 11.3 Å². The highest BCUT2D eigenvalue weighted by molar-refractivity contribution is 9.10. The summed E-state index contributed by atoms with van der Waals surface area (Å²) in [5, 5.41) is 13.3. The van der Waals surface area contributed by atoms with Crippen molar-refractivity contribution in [3.63, 3.8) is 0 Å². The normalized spacial score (nSPS) is 17.6. The van der Waals surface area contributed by atoms with E-state index in [2.05, 4.69) is 26.2 Å². The summed E-state index contributed by atoms with van der Waals surface area (Å²) >= 11 is 9.24. The highest BCUT2D eigenvalue weighted by Gasteiger charge is 2.42. The summed E-state index contributed by atoms with van der Waals surface area (Å²) in [6.07, 6.45) is 1.76. The predicted molar refractivity (Wildman–Crippen MR) is 138 cm³/mol. The molecule has 0 radical (unpaired) electrons. The van der Waals surface area contributed by atoms with Gasteiger partial charge in [0.2, 0.25) is 0 Å². The molecule has 1 fully saturated rings. The molecular weight excluding hydrogens is 514 g/mol. The van der Waals surface area contributed by atoms with Crippen molar-refractivity contribution < 1.29 is 14.3 Å². The average Bonchev–Trinajstić information content (AvgIpc) is 3.44. The molecule has 3 heterocycles. The van der Waals surface area contributed by atoms with Crippen LogP contribution >= 0.6 is 28.1 Å². The van der Waals surface area contributed by atoms with Crippen molar-refractivity contribution in [2.24, 2.45) is 0 Å². The first-order chi connectivity index (χ1) is 16.4. The summed E-state index contributed by atoms with van der Waals surface area (Å²) in [4.78, 5) is 17.9. The molecule has 34 heavy (non-hydrogen) atoms. The third-order valence-corrected chi connectivity index (χ3v) is 6.70. The minimum Gasteiger partial charge on any atom is -0.478 e. The molecule has 1 aliphatic rings. The number of anilines is 1. The highest BCUT2D eigenvalue weighted by atomic mass is 79.9. The third-order valence-electron chi connectivity index (χ3n) is 5.86. The molecule has 5 rings (SSSR count). The lowest BCUT2D eigenvalue weighted by Crippen LogP contribution is -2.29. The zero-order valence-electron chi connectivity index (χ0n) is 18.1. The first-order valence-electron chi connectivity index (χ1n) is 10.6. The maximum Gasteiger partial charge on any atom is 0.335 e.